The summed E-state index contributed by atoms with van der Waals surface area (Å²) in [5, 5.41) is 5.54. The number of benzene rings is 1. The molecule has 0 fully saturated rings. The molecular weight excluding hydrogens is 371 g/mol. The first-order valence-corrected chi connectivity index (χ1v) is 9.89. The zero-order valence-corrected chi connectivity index (χ0v) is 17.3. The van der Waals surface area contributed by atoms with Gasteiger partial charge < -0.3 is 20.5 Å². The summed E-state index contributed by atoms with van der Waals surface area (Å²) in [6.45, 7) is 11.1. The number of anilines is 1. The van der Waals surface area contributed by atoms with Gasteiger partial charge in [0.25, 0.3) is 11.8 Å². The fraction of sp³-hybridized carbons (Fsp3) is 0.364. The summed E-state index contributed by atoms with van der Waals surface area (Å²) in [6.07, 6.45) is 1.68. The summed E-state index contributed by atoms with van der Waals surface area (Å²) < 4.78 is 13.9. The number of hydrogen-bond donors (Lipinski definition) is 3. The normalized spacial score (nSPS) is 14.4. The van der Waals surface area contributed by atoms with Gasteiger partial charge in [0.15, 0.2) is 0 Å². The number of para-hydroxylation sites is 1. The van der Waals surface area contributed by atoms with Crippen molar-refractivity contribution in [3.8, 4) is 0 Å². The molecule has 1 aliphatic heterocycles. The van der Waals surface area contributed by atoms with E-state index in [1.54, 1.807) is 18.2 Å². The number of aromatic amines is 1. The van der Waals surface area contributed by atoms with Gasteiger partial charge in [-0.05, 0) is 44.6 Å². The molecule has 0 saturated carbocycles. The molecular formula is C22H27FN4O2. The Morgan fingerprint density at radius 1 is 1.24 bits per heavy atom. The lowest BCUT2D eigenvalue weighted by Gasteiger charge is -2.18. The topological polar surface area (TPSA) is 77.2 Å². The fourth-order valence-corrected chi connectivity index (χ4v) is 3.68. The maximum Gasteiger partial charge on any atom is 0.256 e. The van der Waals surface area contributed by atoms with Gasteiger partial charge >= 0.3 is 0 Å². The number of nitrogens with one attached hydrogen (secondary N) is 3. The number of carbonyl (C=O) groups excluding carboxylic acids is 2. The zero-order chi connectivity index (χ0) is 21.1. The summed E-state index contributed by atoms with van der Waals surface area (Å²) in [6, 6.07) is 4.59. The van der Waals surface area contributed by atoms with Crippen LogP contribution in [0.5, 0.6) is 0 Å². The van der Waals surface area contributed by atoms with Gasteiger partial charge in [-0.1, -0.05) is 26.0 Å². The molecule has 0 unspecified atom stereocenters. The van der Waals surface area contributed by atoms with E-state index in [1.165, 1.54) is 6.07 Å². The van der Waals surface area contributed by atoms with Crippen LogP contribution < -0.4 is 10.6 Å². The molecule has 0 saturated heterocycles. The second kappa shape index (κ2) is 8.61. The number of likely N-dealkylation sites (N-methyl/N-ethyl adjacent to an activating group) is 1. The number of aromatic nitrogens is 1. The fourth-order valence-electron chi connectivity index (χ4n) is 3.68. The predicted octanol–water partition coefficient (Wildman–Crippen LogP) is 3.33. The Kier molecular flexibility index (Phi) is 6.17. The highest BCUT2D eigenvalue weighted by Gasteiger charge is 2.27. The van der Waals surface area contributed by atoms with Crippen LogP contribution in [0, 0.1) is 19.7 Å². The van der Waals surface area contributed by atoms with Crippen molar-refractivity contribution in [2.45, 2.75) is 27.7 Å². The predicted molar refractivity (Wildman–Crippen MR) is 113 cm³/mol. The lowest BCUT2D eigenvalue weighted by atomic mass is 10.0. The number of H-pyrrole nitrogens is 1. The minimum Gasteiger partial charge on any atom is -0.358 e. The number of carbonyl (C=O) groups is 2. The van der Waals surface area contributed by atoms with Crippen molar-refractivity contribution in [2.75, 3.05) is 31.5 Å². The highest BCUT2D eigenvalue weighted by Crippen LogP contribution is 2.35. The van der Waals surface area contributed by atoms with Crippen molar-refractivity contribution in [2.24, 2.45) is 0 Å². The van der Waals surface area contributed by atoms with Crippen molar-refractivity contribution in [3.05, 3.63) is 52.1 Å². The monoisotopic (exact) mass is 398 g/mol. The summed E-state index contributed by atoms with van der Waals surface area (Å²) in [5.41, 5.74) is 3.82. The molecule has 29 heavy (non-hydrogen) atoms. The van der Waals surface area contributed by atoms with Crippen LogP contribution >= 0.6 is 0 Å². The minimum absolute atomic E-state index is 0.143. The molecule has 2 aromatic rings. The number of hydrogen-bond acceptors (Lipinski definition) is 3. The summed E-state index contributed by atoms with van der Waals surface area (Å²) in [5.74, 6) is -0.968. The summed E-state index contributed by atoms with van der Waals surface area (Å²) in [7, 11) is 0. The first-order chi connectivity index (χ1) is 13.9. The van der Waals surface area contributed by atoms with E-state index in [4.69, 9.17) is 0 Å². The quantitative estimate of drug-likeness (QED) is 0.626. The molecule has 3 N–H and O–H groups in total. The van der Waals surface area contributed by atoms with Gasteiger partial charge in [-0.2, -0.15) is 0 Å². The molecule has 1 aromatic heterocycles. The van der Waals surface area contributed by atoms with Crippen LogP contribution in [0.1, 0.15) is 46.7 Å². The van der Waals surface area contributed by atoms with E-state index in [0.717, 1.165) is 30.9 Å². The van der Waals surface area contributed by atoms with Gasteiger partial charge in [-0.3, -0.25) is 9.59 Å². The highest BCUT2D eigenvalue weighted by atomic mass is 19.1. The minimum atomic E-state index is -0.466. The van der Waals surface area contributed by atoms with Gasteiger partial charge in [0, 0.05) is 30.0 Å². The van der Waals surface area contributed by atoms with Crippen LogP contribution in [0.2, 0.25) is 0 Å². The van der Waals surface area contributed by atoms with E-state index >= 15 is 0 Å². The Labute approximate surface area is 170 Å². The molecule has 0 atom stereocenters. The number of rotatable bonds is 7. The molecule has 2 amide bonds. The number of amides is 2. The third-order valence-corrected chi connectivity index (χ3v) is 5.39. The van der Waals surface area contributed by atoms with Gasteiger partial charge in [0.1, 0.15) is 5.82 Å². The van der Waals surface area contributed by atoms with Gasteiger partial charge in [0.05, 0.1) is 16.8 Å². The van der Waals surface area contributed by atoms with E-state index < -0.39 is 5.82 Å². The van der Waals surface area contributed by atoms with Crippen LogP contribution in [0.25, 0.3) is 11.6 Å². The second-order valence-corrected chi connectivity index (χ2v) is 7.12. The Bertz CT molecular complexity index is 973. The van der Waals surface area contributed by atoms with E-state index in [-0.39, 0.29) is 17.5 Å². The van der Waals surface area contributed by atoms with Gasteiger partial charge in [-0.25, -0.2) is 4.39 Å². The molecule has 7 heteroatoms. The third-order valence-electron chi connectivity index (χ3n) is 5.39. The van der Waals surface area contributed by atoms with Crippen LogP contribution in [0.3, 0.4) is 0 Å². The van der Waals surface area contributed by atoms with E-state index in [9.17, 15) is 14.0 Å². The van der Waals surface area contributed by atoms with Crippen molar-refractivity contribution >= 4 is 29.2 Å². The molecule has 0 aliphatic carbocycles. The second-order valence-electron chi connectivity index (χ2n) is 7.12. The maximum absolute atomic E-state index is 13.9. The molecule has 3 rings (SSSR count). The molecule has 2 heterocycles. The highest BCUT2D eigenvalue weighted by molar-refractivity contribution is 6.35. The average Bonchev–Trinajstić information content (AvgIpc) is 3.16. The van der Waals surface area contributed by atoms with E-state index in [0.29, 0.717) is 28.9 Å². The molecule has 154 valence electrons. The molecule has 0 radical (unpaired) electrons. The number of fused-ring (bicyclic) bond motifs is 1. The lowest BCUT2D eigenvalue weighted by Crippen LogP contribution is -2.35. The van der Waals surface area contributed by atoms with Crippen molar-refractivity contribution in [3.63, 3.8) is 0 Å². The van der Waals surface area contributed by atoms with Crippen LogP contribution in [0.15, 0.2) is 18.2 Å². The van der Waals surface area contributed by atoms with Gasteiger partial charge in [0.2, 0.25) is 0 Å². The molecule has 1 aromatic carbocycles. The third kappa shape index (κ3) is 4.10. The number of halogens is 1. The molecule has 6 nitrogen and oxygen atoms in total. The van der Waals surface area contributed by atoms with Crippen LogP contribution in [-0.4, -0.2) is 47.9 Å². The summed E-state index contributed by atoms with van der Waals surface area (Å²) in [4.78, 5) is 30.5. The Balaban J connectivity index is 1.84. The van der Waals surface area contributed by atoms with Gasteiger partial charge in [-0.15, -0.1) is 0 Å². The van der Waals surface area contributed by atoms with Crippen molar-refractivity contribution < 1.29 is 14.0 Å². The van der Waals surface area contributed by atoms with Crippen molar-refractivity contribution in [1.82, 2.24) is 15.2 Å². The Morgan fingerprint density at radius 2 is 1.97 bits per heavy atom. The Morgan fingerprint density at radius 3 is 2.66 bits per heavy atom. The zero-order valence-electron chi connectivity index (χ0n) is 17.3. The van der Waals surface area contributed by atoms with E-state index in [1.807, 2.05) is 13.8 Å². The van der Waals surface area contributed by atoms with E-state index in [2.05, 4.69) is 34.4 Å². The van der Waals surface area contributed by atoms with Crippen LogP contribution in [-0.2, 0) is 4.79 Å². The standard InChI is InChI=1S/C22H27FN4O2/c1-5-27(6-2)11-10-24-22(29)19-13(3)18(25-14(19)4)12-16-15-8-7-9-17(23)20(15)26-21(16)28/h7-9,12,25H,5-6,10-11H2,1-4H3,(H,24,29)(H,26,28)/b16-12-. The first kappa shape index (κ1) is 20.8. The average molecular weight is 398 g/mol. The SMILES string of the molecule is CCN(CC)CCNC(=O)c1c(C)[nH]c(/C=C2\C(=O)Nc3c(F)cccc32)c1C. The lowest BCUT2D eigenvalue weighted by molar-refractivity contribution is -0.110. The largest absolute Gasteiger partial charge is 0.358 e. The molecule has 0 spiro atoms. The molecule has 0 bridgehead atoms. The molecule has 1 aliphatic rings. The van der Waals surface area contributed by atoms with Crippen molar-refractivity contribution in [1.29, 1.82) is 0 Å². The number of aryl methyl sites for hydroxylation is 1. The summed E-state index contributed by atoms with van der Waals surface area (Å²) >= 11 is 0. The van der Waals surface area contributed by atoms with Crippen LogP contribution in [0.4, 0.5) is 10.1 Å². The Hall–Kier alpha value is -2.93. The smallest absolute Gasteiger partial charge is 0.256 e. The first-order valence-electron chi connectivity index (χ1n) is 9.89. The maximum atomic E-state index is 13.9. The number of nitrogens with zero attached hydrogens (tertiary/aromatic N) is 1.